The molecule has 27 heavy (non-hydrogen) atoms. The van der Waals surface area contributed by atoms with Gasteiger partial charge in [-0.3, -0.25) is 9.69 Å². The van der Waals surface area contributed by atoms with Crippen LogP contribution in [0.3, 0.4) is 0 Å². The van der Waals surface area contributed by atoms with E-state index in [1.54, 1.807) is 18.2 Å². The summed E-state index contributed by atoms with van der Waals surface area (Å²) < 4.78 is 26.9. The number of rotatable bonds is 5. The standard InChI is InChI=1S/C19H22ClN3O3S/c1-15-6-8-16(9-7-15)21-19(24)14-22-10-12-23(13-11-22)27(25,26)18-5-3-2-4-17(18)20/h2-9H,10-14H2,1H3,(H,21,24). The van der Waals surface area contributed by atoms with Crippen LogP contribution in [-0.2, 0) is 14.8 Å². The molecule has 0 radical (unpaired) electrons. The van der Waals surface area contributed by atoms with E-state index < -0.39 is 10.0 Å². The van der Waals surface area contributed by atoms with Gasteiger partial charge in [0.15, 0.2) is 0 Å². The summed E-state index contributed by atoms with van der Waals surface area (Å²) in [5.41, 5.74) is 1.88. The van der Waals surface area contributed by atoms with Crippen molar-refractivity contribution in [2.45, 2.75) is 11.8 Å². The summed E-state index contributed by atoms with van der Waals surface area (Å²) in [7, 11) is -3.62. The van der Waals surface area contributed by atoms with Crippen molar-refractivity contribution in [3.63, 3.8) is 0 Å². The average Bonchev–Trinajstić information content (AvgIpc) is 2.64. The Labute approximate surface area is 164 Å². The van der Waals surface area contributed by atoms with Gasteiger partial charge in [-0.25, -0.2) is 8.42 Å². The molecule has 3 rings (SSSR count). The molecule has 1 fully saturated rings. The number of piperazine rings is 1. The van der Waals surface area contributed by atoms with Crippen LogP contribution in [0.2, 0.25) is 5.02 Å². The number of carbonyl (C=O) groups is 1. The molecule has 6 nitrogen and oxygen atoms in total. The second-order valence-electron chi connectivity index (χ2n) is 6.52. The van der Waals surface area contributed by atoms with E-state index in [4.69, 9.17) is 11.6 Å². The van der Waals surface area contributed by atoms with Crippen LogP contribution in [0.25, 0.3) is 0 Å². The van der Waals surface area contributed by atoms with Crippen molar-refractivity contribution >= 4 is 33.2 Å². The lowest BCUT2D eigenvalue weighted by Crippen LogP contribution is -2.50. The minimum absolute atomic E-state index is 0.110. The van der Waals surface area contributed by atoms with E-state index in [0.29, 0.717) is 26.2 Å². The van der Waals surface area contributed by atoms with E-state index in [1.165, 1.54) is 10.4 Å². The fourth-order valence-electron chi connectivity index (χ4n) is 2.96. The van der Waals surface area contributed by atoms with Crippen molar-refractivity contribution in [1.82, 2.24) is 9.21 Å². The summed E-state index contributed by atoms with van der Waals surface area (Å²) >= 11 is 6.04. The molecule has 144 valence electrons. The number of halogens is 1. The van der Waals surface area contributed by atoms with E-state index in [-0.39, 0.29) is 22.4 Å². The first-order chi connectivity index (χ1) is 12.9. The van der Waals surface area contributed by atoms with E-state index in [0.717, 1.165) is 11.3 Å². The van der Waals surface area contributed by atoms with Gasteiger partial charge < -0.3 is 5.32 Å². The lowest BCUT2D eigenvalue weighted by molar-refractivity contribution is -0.117. The number of benzene rings is 2. The predicted molar refractivity (Wildman–Crippen MR) is 106 cm³/mol. The Bertz CT molecular complexity index is 908. The van der Waals surface area contributed by atoms with Crippen LogP contribution < -0.4 is 5.32 Å². The van der Waals surface area contributed by atoms with Crippen molar-refractivity contribution in [3.05, 3.63) is 59.1 Å². The summed E-state index contributed by atoms with van der Waals surface area (Å²) in [5.74, 6) is -0.110. The molecule has 1 heterocycles. The number of amides is 1. The maximum Gasteiger partial charge on any atom is 0.244 e. The van der Waals surface area contributed by atoms with E-state index in [1.807, 2.05) is 36.1 Å². The van der Waals surface area contributed by atoms with Gasteiger partial charge in [-0.1, -0.05) is 41.4 Å². The molecule has 8 heteroatoms. The van der Waals surface area contributed by atoms with Crippen molar-refractivity contribution in [3.8, 4) is 0 Å². The minimum atomic E-state index is -3.62. The third-order valence-electron chi connectivity index (χ3n) is 4.49. The minimum Gasteiger partial charge on any atom is -0.325 e. The normalized spacial score (nSPS) is 16.2. The average molecular weight is 408 g/mol. The highest BCUT2D eigenvalue weighted by molar-refractivity contribution is 7.89. The Morgan fingerprint density at radius 3 is 2.30 bits per heavy atom. The molecule has 0 unspecified atom stereocenters. The van der Waals surface area contributed by atoms with Gasteiger partial charge >= 0.3 is 0 Å². The number of anilines is 1. The number of nitrogens with zero attached hydrogens (tertiary/aromatic N) is 2. The first kappa shape index (κ1) is 19.8. The largest absolute Gasteiger partial charge is 0.325 e. The summed E-state index contributed by atoms with van der Waals surface area (Å²) in [5, 5.41) is 3.08. The van der Waals surface area contributed by atoms with E-state index in [9.17, 15) is 13.2 Å². The fraction of sp³-hybridized carbons (Fsp3) is 0.316. The fourth-order valence-corrected chi connectivity index (χ4v) is 4.88. The number of sulfonamides is 1. The number of hydrogen-bond acceptors (Lipinski definition) is 4. The summed E-state index contributed by atoms with van der Waals surface area (Å²) in [6.45, 7) is 3.85. The van der Waals surface area contributed by atoms with Crippen molar-refractivity contribution in [2.75, 3.05) is 38.0 Å². The van der Waals surface area contributed by atoms with Gasteiger partial charge in [0.05, 0.1) is 11.6 Å². The van der Waals surface area contributed by atoms with E-state index >= 15 is 0 Å². The molecule has 0 atom stereocenters. The topological polar surface area (TPSA) is 69.7 Å². The van der Waals surface area contributed by atoms with Crippen molar-refractivity contribution in [1.29, 1.82) is 0 Å². The predicted octanol–water partition coefficient (Wildman–Crippen LogP) is 2.59. The van der Waals surface area contributed by atoms with Gasteiger partial charge in [-0.05, 0) is 31.2 Å². The Hall–Kier alpha value is -1.93. The van der Waals surface area contributed by atoms with Gasteiger partial charge in [0, 0.05) is 31.9 Å². The first-order valence-corrected chi connectivity index (χ1v) is 10.5. The monoisotopic (exact) mass is 407 g/mol. The molecule has 0 saturated carbocycles. The van der Waals surface area contributed by atoms with Gasteiger partial charge in [0.2, 0.25) is 15.9 Å². The third kappa shape index (κ3) is 4.87. The molecule has 1 aliphatic heterocycles. The Kier molecular flexibility index (Phi) is 6.16. The van der Waals surface area contributed by atoms with Crippen LogP contribution in [0.15, 0.2) is 53.4 Å². The summed E-state index contributed by atoms with van der Waals surface area (Å²) in [4.78, 5) is 14.3. The zero-order valence-corrected chi connectivity index (χ0v) is 16.6. The molecule has 0 bridgehead atoms. The molecule has 1 amide bonds. The number of nitrogens with one attached hydrogen (secondary N) is 1. The van der Waals surface area contributed by atoms with Crippen LogP contribution in [0.1, 0.15) is 5.56 Å². The molecule has 2 aromatic rings. The molecule has 1 N–H and O–H groups in total. The highest BCUT2D eigenvalue weighted by atomic mass is 35.5. The van der Waals surface area contributed by atoms with Crippen LogP contribution >= 0.6 is 11.6 Å². The lowest BCUT2D eigenvalue weighted by atomic mass is 10.2. The highest BCUT2D eigenvalue weighted by Crippen LogP contribution is 2.25. The van der Waals surface area contributed by atoms with Crippen LogP contribution in [0.5, 0.6) is 0 Å². The smallest absolute Gasteiger partial charge is 0.244 e. The summed E-state index contributed by atoms with van der Waals surface area (Å²) in [6.07, 6.45) is 0. The zero-order chi connectivity index (χ0) is 19.4. The molecular formula is C19H22ClN3O3S. The Morgan fingerprint density at radius 1 is 1.04 bits per heavy atom. The first-order valence-electron chi connectivity index (χ1n) is 8.70. The molecule has 0 spiro atoms. The Balaban J connectivity index is 1.55. The SMILES string of the molecule is Cc1ccc(NC(=O)CN2CCN(S(=O)(=O)c3ccccc3Cl)CC2)cc1. The number of aryl methyl sites for hydroxylation is 1. The third-order valence-corrected chi connectivity index (χ3v) is 6.89. The maximum atomic E-state index is 12.7. The summed E-state index contributed by atoms with van der Waals surface area (Å²) in [6, 6.07) is 14.0. The Morgan fingerprint density at radius 2 is 1.67 bits per heavy atom. The highest BCUT2D eigenvalue weighted by Gasteiger charge is 2.30. The second-order valence-corrected chi connectivity index (χ2v) is 8.84. The molecule has 1 saturated heterocycles. The molecule has 0 aromatic heterocycles. The molecule has 2 aromatic carbocycles. The van der Waals surface area contributed by atoms with Gasteiger partial charge in [-0.2, -0.15) is 4.31 Å². The molecule has 1 aliphatic rings. The van der Waals surface area contributed by atoms with Crippen LogP contribution in [0.4, 0.5) is 5.69 Å². The van der Waals surface area contributed by atoms with Crippen molar-refractivity contribution in [2.24, 2.45) is 0 Å². The lowest BCUT2D eigenvalue weighted by Gasteiger charge is -2.33. The molecule has 0 aliphatic carbocycles. The molecular weight excluding hydrogens is 386 g/mol. The zero-order valence-electron chi connectivity index (χ0n) is 15.1. The van der Waals surface area contributed by atoms with Crippen LogP contribution in [-0.4, -0.2) is 56.3 Å². The number of hydrogen-bond donors (Lipinski definition) is 1. The number of carbonyl (C=O) groups excluding carboxylic acids is 1. The van der Waals surface area contributed by atoms with Gasteiger partial charge in [0.25, 0.3) is 0 Å². The van der Waals surface area contributed by atoms with E-state index in [2.05, 4.69) is 5.32 Å². The second kappa shape index (κ2) is 8.39. The maximum absolute atomic E-state index is 12.7. The quantitative estimate of drug-likeness (QED) is 0.827. The van der Waals surface area contributed by atoms with Gasteiger partial charge in [-0.15, -0.1) is 0 Å². The van der Waals surface area contributed by atoms with Crippen LogP contribution in [0, 0.1) is 6.92 Å². The van der Waals surface area contributed by atoms with Gasteiger partial charge in [0.1, 0.15) is 4.90 Å². The van der Waals surface area contributed by atoms with Crippen molar-refractivity contribution < 1.29 is 13.2 Å².